The maximum absolute atomic E-state index is 15.5. The first kappa shape index (κ1) is 26.6. The maximum Gasteiger partial charge on any atom is 0.211 e. The molecule has 40 heavy (non-hydrogen) atoms. The van der Waals surface area contributed by atoms with Gasteiger partial charge in [-0.2, -0.15) is 5.26 Å². The molecule has 4 aromatic rings. The van der Waals surface area contributed by atoms with E-state index in [1.54, 1.807) is 16.5 Å². The van der Waals surface area contributed by atoms with Crippen molar-refractivity contribution in [3.05, 3.63) is 58.7 Å². The molecular formula is C27H27F2N7O2S2. The average Bonchev–Trinajstić information content (AvgIpc) is 3.68. The fourth-order valence-corrected chi connectivity index (χ4v) is 7.52. The van der Waals surface area contributed by atoms with Crippen LogP contribution in [0.15, 0.2) is 36.5 Å². The summed E-state index contributed by atoms with van der Waals surface area (Å²) in [5.41, 5.74) is 2.66. The second-order valence-corrected chi connectivity index (χ2v) is 13.3. The molecule has 3 aromatic heterocycles. The summed E-state index contributed by atoms with van der Waals surface area (Å²) in [6.45, 7) is 4.18. The summed E-state index contributed by atoms with van der Waals surface area (Å²) in [5, 5.41) is 10.3. The van der Waals surface area contributed by atoms with Crippen molar-refractivity contribution in [3.8, 4) is 17.3 Å². The summed E-state index contributed by atoms with van der Waals surface area (Å²) in [6.07, 6.45) is 3.65. The van der Waals surface area contributed by atoms with E-state index in [4.69, 9.17) is 4.98 Å². The molecule has 1 aromatic carbocycles. The van der Waals surface area contributed by atoms with Gasteiger partial charge in [-0.25, -0.2) is 31.5 Å². The molecule has 6 rings (SSSR count). The molecule has 2 saturated heterocycles. The number of rotatable bonds is 6. The first-order valence-corrected chi connectivity index (χ1v) is 15.5. The van der Waals surface area contributed by atoms with Crippen LogP contribution < -0.4 is 9.80 Å². The zero-order valence-electron chi connectivity index (χ0n) is 22.2. The van der Waals surface area contributed by atoms with Gasteiger partial charge >= 0.3 is 0 Å². The van der Waals surface area contributed by atoms with Gasteiger partial charge in [0.1, 0.15) is 28.3 Å². The summed E-state index contributed by atoms with van der Waals surface area (Å²) in [6, 6.07) is 9.51. The summed E-state index contributed by atoms with van der Waals surface area (Å²) in [5.74, 6) is 0.194. The number of hydrogen-bond acceptors (Lipinski definition) is 8. The molecule has 5 heterocycles. The van der Waals surface area contributed by atoms with Crippen molar-refractivity contribution in [2.75, 3.05) is 49.3 Å². The zero-order valence-corrected chi connectivity index (χ0v) is 23.8. The van der Waals surface area contributed by atoms with E-state index in [1.165, 1.54) is 40.1 Å². The number of sulfonamides is 1. The third kappa shape index (κ3) is 4.49. The SMILES string of the molecule is CCc1nc2c(F)cc(N3CC4CN(S(C)(=O)=O)CC4C3)cn2c1N(C)c1nc(-c2ccc(F)cc2)c(C#N)s1. The highest BCUT2D eigenvalue weighted by molar-refractivity contribution is 7.88. The van der Waals surface area contributed by atoms with Crippen molar-refractivity contribution < 1.29 is 17.2 Å². The lowest BCUT2D eigenvalue weighted by Crippen LogP contribution is -2.32. The minimum atomic E-state index is -3.23. The standard InChI is InChI=1S/C27H27F2N7O2S2/c1-4-22-26(33(2)27-32-24(23(10-30)39-27)16-5-7-19(28)8-6-16)36-15-20(9-21(29)25(36)31-22)34-11-17-13-35(40(3,37)38)14-18(17)12-34/h5-9,15,17-18H,4,11-14H2,1-3H3. The number of aryl methyl sites for hydroxylation is 1. The minimum Gasteiger partial charge on any atom is -0.370 e. The smallest absolute Gasteiger partial charge is 0.211 e. The molecule has 2 fully saturated rings. The van der Waals surface area contributed by atoms with Crippen LogP contribution in [0.5, 0.6) is 0 Å². The monoisotopic (exact) mass is 583 g/mol. The number of benzene rings is 1. The van der Waals surface area contributed by atoms with E-state index in [2.05, 4.69) is 16.0 Å². The van der Waals surface area contributed by atoms with Crippen LogP contribution in [0.3, 0.4) is 0 Å². The number of nitriles is 1. The molecule has 208 valence electrons. The number of anilines is 3. The van der Waals surface area contributed by atoms with E-state index in [1.807, 2.05) is 25.1 Å². The lowest BCUT2D eigenvalue weighted by molar-refractivity contribution is 0.458. The fourth-order valence-electron chi connectivity index (χ4n) is 5.74. The first-order chi connectivity index (χ1) is 19.1. The van der Waals surface area contributed by atoms with E-state index < -0.39 is 15.8 Å². The summed E-state index contributed by atoms with van der Waals surface area (Å²) < 4.78 is 56.2. The first-order valence-electron chi connectivity index (χ1n) is 12.9. The second-order valence-electron chi connectivity index (χ2n) is 10.3. The third-order valence-corrected chi connectivity index (χ3v) is 10.0. The number of imidazole rings is 1. The van der Waals surface area contributed by atoms with Crippen LogP contribution >= 0.6 is 11.3 Å². The van der Waals surface area contributed by atoms with Gasteiger partial charge in [-0.05, 0) is 42.5 Å². The molecule has 0 aliphatic carbocycles. The Morgan fingerprint density at radius 3 is 2.40 bits per heavy atom. The highest BCUT2D eigenvalue weighted by Crippen LogP contribution is 2.39. The Balaban J connectivity index is 1.36. The molecule has 0 bridgehead atoms. The average molecular weight is 584 g/mol. The van der Waals surface area contributed by atoms with Crippen LogP contribution in [0.25, 0.3) is 16.9 Å². The van der Waals surface area contributed by atoms with E-state index >= 15 is 4.39 Å². The predicted molar refractivity (Wildman–Crippen MR) is 150 cm³/mol. The Labute approximate surface area is 235 Å². The largest absolute Gasteiger partial charge is 0.370 e. The Bertz CT molecular complexity index is 1750. The van der Waals surface area contributed by atoms with Crippen molar-refractivity contribution in [3.63, 3.8) is 0 Å². The van der Waals surface area contributed by atoms with E-state index in [0.29, 0.717) is 71.1 Å². The molecule has 13 heteroatoms. The number of fused-ring (bicyclic) bond motifs is 2. The van der Waals surface area contributed by atoms with E-state index in [-0.39, 0.29) is 23.3 Å². The molecule has 2 aliphatic rings. The lowest BCUT2D eigenvalue weighted by atomic mass is 10.0. The topological polar surface area (TPSA) is 97.8 Å². The summed E-state index contributed by atoms with van der Waals surface area (Å²) >= 11 is 1.20. The Morgan fingerprint density at radius 2 is 1.80 bits per heavy atom. The van der Waals surface area contributed by atoms with Gasteiger partial charge in [-0.15, -0.1) is 0 Å². The second kappa shape index (κ2) is 9.79. The molecule has 0 radical (unpaired) electrons. The van der Waals surface area contributed by atoms with Gasteiger partial charge in [0.15, 0.2) is 16.6 Å². The fraction of sp³-hybridized carbons (Fsp3) is 0.370. The number of aromatic nitrogens is 3. The Hall–Kier alpha value is -3.60. The van der Waals surface area contributed by atoms with Crippen LogP contribution in [0, 0.1) is 34.8 Å². The zero-order chi connectivity index (χ0) is 28.3. The molecular weight excluding hydrogens is 556 g/mol. The highest BCUT2D eigenvalue weighted by Gasteiger charge is 2.43. The molecule has 0 saturated carbocycles. The molecule has 2 unspecified atom stereocenters. The van der Waals surface area contributed by atoms with Gasteiger partial charge in [0.05, 0.1) is 17.6 Å². The highest BCUT2D eigenvalue weighted by atomic mass is 32.2. The molecule has 2 aliphatic heterocycles. The van der Waals surface area contributed by atoms with Gasteiger partial charge in [0.25, 0.3) is 0 Å². The van der Waals surface area contributed by atoms with Crippen molar-refractivity contribution >= 4 is 43.6 Å². The van der Waals surface area contributed by atoms with E-state index in [0.717, 1.165) is 0 Å². The molecule has 0 N–H and O–H groups in total. The van der Waals surface area contributed by atoms with E-state index in [9.17, 15) is 18.1 Å². The maximum atomic E-state index is 15.5. The van der Waals surface area contributed by atoms with Crippen molar-refractivity contribution in [1.82, 2.24) is 18.7 Å². The Morgan fingerprint density at radius 1 is 1.12 bits per heavy atom. The van der Waals surface area contributed by atoms with Gasteiger partial charge < -0.3 is 9.80 Å². The quantitative estimate of drug-likeness (QED) is 0.335. The van der Waals surface area contributed by atoms with Crippen LogP contribution in [0.4, 0.5) is 25.4 Å². The predicted octanol–water partition coefficient (Wildman–Crippen LogP) is 4.27. The van der Waals surface area contributed by atoms with Crippen molar-refractivity contribution in [1.29, 1.82) is 5.26 Å². The molecule has 2 atom stereocenters. The van der Waals surface area contributed by atoms with Gasteiger partial charge in [-0.3, -0.25) is 4.40 Å². The summed E-state index contributed by atoms with van der Waals surface area (Å²) in [7, 11) is -1.42. The van der Waals surface area contributed by atoms with Crippen LogP contribution in [0.1, 0.15) is 17.5 Å². The number of pyridine rings is 1. The number of nitrogens with zero attached hydrogens (tertiary/aromatic N) is 7. The number of halogens is 2. The van der Waals surface area contributed by atoms with Gasteiger partial charge in [0.2, 0.25) is 10.0 Å². The van der Waals surface area contributed by atoms with Crippen LogP contribution in [0.2, 0.25) is 0 Å². The molecule has 9 nitrogen and oxygen atoms in total. The Kier molecular flexibility index (Phi) is 6.52. The van der Waals surface area contributed by atoms with Crippen molar-refractivity contribution in [2.45, 2.75) is 13.3 Å². The molecule has 0 spiro atoms. The third-order valence-electron chi connectivity index (χ3n) is 7.77. The minimum absolute atomic E-state index is 0.189. The normalized spacial score (nSPS) is 19.4. The van der Waals surface area contributed by atoms with Crippen LogP contribution in [-0.2, 0) is 16.4 Å². The number of thiazole rings is 1. The molecule has 0 amide bonds. The number of hydrogen-bond donors (Lipinski definition) is 0. The van der Waals surface area contributed by atoms with Crippen LogP contribution in [-0.4, -0.2) is 66.6 Å². The van der Waals surface area contributed by atoms with Crippen molar-refractivity contribution in [2.24, 2.45) is 11.8 Å². The lowest BCUT2D eigenvalue weighted by Gasteiger charge is -2.23. The summed E-state index contributed by atoms with van der Waals surface area (Å²) in [4.78, 5) is 13.6. The van der Waals surface area contributed by atoms with Gasteiger partial charge in [-0.1, -0.05) is 18.3 Å². The van der Waals surface area contributed by atoms with Gasteiger partial charge in [0, 0.05) is 51.1 Å².